The molecule has 7 rings (SSSR count). The molecule has 1 saturated carbocycles. The van der Waals surface area contributed by atoms with Gasteiger partial charge in [-0.25, -0.2) is 9.97 Å². The molecule has 172 valence electrons. The number of benzene rings is 2. The van der Waals surface area contributed by atoms with E-state index in [0.717, 1.165) is 39.1 Å². The number of nitrogens with zero attached hydrogens (tertiary/aromatic N) is 3. The van der Waals surface area contributed by atoms with Crippen molar-refractivity contribution in [2.24, 2.45) is 11.8 Å². The van der Waals surface area contributed by atoms with Crippen LogP contribution in [0.5, 0.6) is 5.88 Å². The van der Waals surface area contributed by atoms with Crippen LogP contribution in [-0.4, -0.2) is 39.5 Å². The molecule has 2 aliphatic heterocycles. The molecule has 2 bridgehead atoms. The highest BCUT2D eigenvalue weighted by Gasteiger charge is 2.51. The van der Waals surface area contributed by atoms with Gasteiger partial charge in [0.1, 0.15) is 12.3 Å². The van der Waals surface area contributed by atoms with E-state index in [0.29, 0.717) is 30.0 Å². The molecule has 2 aromatic heterocycles. The van der Waals surface area contributed by atoms with Crippen LogP contribution in [0.2, 0.25) is 0 Å². The number of thiazole rings is 1. The molecule has 3 fully saturated rings. The molecule has 6 heteroatoms. The van der Waals surface area contributed by atoms with Crippen molar-refractivity contribution in [1.29, 1.82) is 0 Å². The van der Waals surface area contributed by atoms with E-state index in [4.69, 9.17) is 9.72 Å². The molecule has 2 saturated heterocycles. The number of piperidine rings is 2. The van der Waals surface area contributed by atoms with Gasteiger partial charge in [-0.05, 0) is 42.6 Å². The number of pyridine rings is 1. The fourth-order valence-electron chi connectivity index (χ4n) is 5.47. The average Bonchev–Trinajstić information content (AvgIpc) is 3.23. The van der Waals surface area contributed by atoms with E-state index in [9.17, 15) is 4.79 Å². The summed E-state index contributed by atoms with van der Waals surface area (Å²) in [5.41, 5.74) is 1.61. The van der Waals surface area contributed by atoms with Crippen LogP contribution >= 0.6 is 11.3 Å². The predicted molar refractivity (Wildman–Crippen MR) is 135 cm³/mol. The fourth-order valence-corrected chi connectivity index (χ4v) is 6.38. The van der Waals surface area contributed by atoms with Gasteiger partial charge in [-0.3, -0.25) is 4.79 Å². The molecule has 4 aromatic rings. The van der Waals surface area contributed by atoms with E-state index in [2.05, 4.69) is 22.9 Å². The van der Waals surface area contributed by atoms with Crippen molar-refractivity contribution in [1.82, 2.24) is 14.9 Å². The third kappa shape index (κ3) is 3.66. The molecule has 5 nitrogen and oxygen atoms in total. The molecule has 1 aliphatic carbocycles. The average molecular weight is 470 g/mol. The van der Waals surface area contributed by atoms with E-state index < -0.39 is 0 Å². The summed E-state index contributed by atoms with van der Waals surface area (Å²) in [6.45, 7) is 4.67. The normalized spacial score (nSPS) is 23.5. The third-order valence-corrected chi connectivity index (χ3v) is 8.49. The Kier molecular flexibility index (Phi) is 5.33. The summed E-state index contributed by atoms with van der Waals surface area (Å²) in [5, 5.41) is 3.10. The first-order chi connectivity index (χ1) is 16.6. The number of carbonyl (C=O) groups is 1. The van der Waals surface area contributed by atoms with Crippen molar-refractivity contribution in [3.05, 3.63) is 77.6 Å². The third-order valence-electron chi connectivity index (χ3n) is 7.47. The van der Waals surface area contributed by atoms with Crippen LogP contribution in [0.1, 0.15) is 35.3 Å². The minimum atomic E-state index is 0.00361. The lowest BCUT2D eigenvalue weighted by Crippen LogP contribution is -2.64. The highest BCUT2D eigenvalue weighted by atomic mass is 32.1. The summed E-state index contributed by atoms with van der Waals surface area (Å²) in [5.74, 6) is 1.65. The summed E-state index contributed by atoms with van der Waals surface area (Å²) >= 11 is 1.59. The lowest BCUT2D eigenvalue weighted by Gasteiger charge is -2.56. The van der Waals surface area contributed by atoms with Crippen LogP contribution in [0.15, 0.2) is 66.9 Å². The summed E-state index contributed by atoms with van der Waals surface area (Å²) < 4.78 is 6.21. The molecule has 2 atom stereocenters. The van der Waals surface area contributed by atoms with Crippen LogP contribution in [-0.2, 0) is 0 Å². The van der Waals surface area contributed by atoms with Crippen molar-refractivity contribution in [3.63, 3.8) is 0 Å². The van der Waals surface area contributed by atoms with Crippen molar-refractivity contribution < 1.29 is 9.53 Å². The quantitative estimate of drug-likeness (QED) is 0.361. The summed E-state index contributed by atoms with van der Waals surface area (Å²) in [6, 6.07) is 20.5. The molecule has 3 aliphatic rings. The topological polar surface area (TPSA) is 55.3 Å². The molecular formula is C28H27N3O2S. The molecule has 1 amide bonds. The van der Waals surface area contributed by atoms with Gasteiger partial charge >= 0.3 is 0 Å². The smallest absolute Gasteiger partial charge is 0.274 e. The first-order valence-electron chi connectivity index (χ1n) is 11.9. The first kappa shape index (κ1) is 21.3. The van der Waals surface area contributed by atoms with Crippen LogP contribution < -0.4 is 4.74 Å². The number of ether oxygens (including phenoxy) is 1. The second kappa shape index (κ2) is 8.51. The Morgan fingerprint density at radius 1 is 1.09 bits per heavy atom. The molecule has 4 heterocycles. The maximum Gasteiger partial charge on any atom is 0.274 e. The molecule has 2 unspecified atom stereocenters. The van der Waals surface area contributed by atoms with Gasteiger partial charge in [0.2, 0.25) is 5.88 Å². The summed E-state index contributed by atoms with van der Waals surface area (Å²) in [4.78, 5) is 26.2. The number of aromatic nitrogens is 2. The molecule has 0 radical (unpaired) electrons. The van der Waals surface area contributed by atoms with Crippen molar-refractivity contribution in [3.8, 4) is 16.3 Å². The van der Waals surface area contributed by atoms with Gasteiger partial charge in [-0.2, -0.15) is 0 Å². The summed E-state index contributed by atoms with van der Waals surface area (Å²) in [7, 11) is 0. The van der Waals surface area contributed by atoms with Crippen LogP contribution in [0, 0.1) is 18.8 Å². The van der Waals surface area contributed by atoms with Crippen molar-refractivity contribution >= 4 is 28.0 Å². The van der Waals surface area contributed by atoms with Crippen molar-refractivity contribution in [2.75, 3.05) is 6.61 Å². The van der Waals surface area contributed by atoms with Crippen LogP contribution in [0.4, 0.5) is 0 Å². The molecule has 0 N–H and O–H groups in total. The maximum atomic E-state index is 14.0. The van der Waals surface area contributed by atoms with Gasteiger partial charge in [0.05, 0.1) is 15.9 Å². The van der Waals surface area contributed by atoms with E-state index >= 15 is 0 Å². The maximum absolute atomic E-state index is 14.0. The standard InChI is InChI=1S/C28H27N3O2S/c1-17-22-12-23(13-22)31(24(17)16-33-25-14-20-10-6-7-11-21(20)15-29-25)28(32)26-27(34-18(2)30-26)19-8-4-3-5-9-19/h3-11,14-15,17,22-24H,12-13,16H2,1-2H3. The fraction of sp³-hybridized carbons (Fsp3) is 0.321. The number of fused-ring (bicyclic) bond motifs is 3. The minimum absolute atomic E-state index is 0.00361. The lowest BCUT2D eigenvalue weighted by molar-refractivity contribution is -0.0676. The minimum Gasteiger partial charge on any atom is -0.475 e. The second-order valence-corrected chi connectivity index (χ2v) is 10.7. The van der Waals surface area contributed by atoms with Gasteiger partial charge in [-0.15, -0.1) is 11.3 Å². The molecule has 34 heavy (non-hydrogen) atoms. The van der Waals surface area contributed by atoms with E-state index in [1.807, 2.05) is 67.7 Å². The Morgan fingerprint density at radius 3 is 2.62 bits per heavy atom. The Labute approximate surface area is 203 Å². The lowest BCUT2D eigenvalue weighted by atomic mass is 9.64. The highest BCUT2D eigenvalue weighted by molar-refractivity contribution is 7.15. The van der Waals surface area contributed by atoms with Crippen LogP contribution in [0.3, 0.4) is 0 Å². The number of aryl methyl sites for hydroxylation is 1. The number of carbonyl (C=O) groups excluding carboxylic acids is 1. The SMILES string of the molecule is Cc1nc(C(=O)N2C3CC(C3)C(C)C2COc2cc3ccccc3cn2)c(-c2ccccc2)s1. The van der Waals surface area contributed by atoms with Gasteiger partial charge < -0.3 is 9.64 Å². The largest absolute Gasteiger partial charge is 0.475 e. The van der Waals surface area contributed by atoms with E-state index in [1.54, 1.807) is 11.3 Å². The second-order valence-electron chi connectivity index (χ2n) is 9.48. The Hall–Kier alpha value is -3.25. The highest BCUT2D eigenvalue weighted by Crippen LogP contribution is 2.47. The number of rotatable bonds is 5. The van der Waals surface area contributed by atoms with E-state index in [-0.39, 0.29) is 18.0 Å². The zero-order chi connectivity index (χ0) is 23.2. The number of hydrogen-bond donors (Lipinski definition) is 0. The zero-order valence-electron chi connectivity index (χ0n) is 19.3. The van der Waals surface area contributed by atoms with Gasteiger partial charge in [0, 0.05) is 23.7 Å². The molecule has 0 spiro atoms. The monoisotopic (exact) mass is 469 g/mol. The van der Waals surface area contributed by atoms with Crippen molar-refractivity contribution in [2.45, 2.75) is 38.8 Å². The predicted octanol–water partition coefficient (Wildman–Crippen LogP) is 5.98. The molecule has 2 aromatic carbocycles. The van der Waals surface area contributed by atoms with Crippen LogP contribution in [0.25, 0.3) is 21.2 Å². The summed E-state index contributed by atoms with van der Waals surface area (Å²) in [6.07, 6.45) is 3.99. The van der Waals surface area contributed by atoms with Gasteiger partial charge in [-0.1, -0.05) is 61.5 Å². The Balaban J connectivity index is 1.29. The number of hydrogen-bond acceptors (Lipinski definition) is 5. The molecular weight excluding hydrogens is 442 g/mol. The zero-order valence-corrected chi connectivity index (χ0v) is 20.2. The first-order valence-corrected chi connectivity index (χ1v) is 12.7. The van der Waals surface area contributed by atoms with Gasteiger partial charge in [0.25, 0.3) is 5.91 Å². The number of amides is 1. The Bertz CT molecular complexity index is 1350. The van der Waals surface area contributed by atoms with Gasteiger partial charge in [0.15, 0.2) is 0 Å². The van der Waals surface area contributed by atoms with E-state index in [1.165, 1.54) is 0 Å². The Morgan fingerprint density at radius 2 is 1.82 bits per heavy atom.